The van der Waals surface area contributed by atoms with Crippen molar-refractivity contribution in [3.63, 3.8) is 0 Å². The Kier molecular flexibility index (Phi) is 4.49. The Bertz CT molecular complexity index is 879. The van der Waals surface area contributed by atoms with Crippen LogP contribution in [0.5, 0.6) is 5.75 Å². The molecule has 2 N–H and O–H groups in total. The van der Waals surface area contributed by atoms with E-state index in [4.69, 9.17) is 15.0 Å². The van der Waals surface area contributed by atoms with Crippen LogP contribution in [-0.4, -0.2) is 38.7 Å². The fraction of sp³-hybridized carbons (Fsp3) is 0.333. The Balaban J connectivity index is 1.52. The summed E-state index contributed by atoms with van der Waals surface area (Å²) < 4.78 is 10.7. The third-order valence-electron chi connectivity index (χ3n) is 4.62. The van der Waals surface area contributed by atoms with E-state index in [-0.39, 0.29) is 6.04 Å². The molecule has 4 rings (SSSR count). The van der Waals surface area contributed by atoms with E-state index in [2.05, 4.69) is 37.1 Å². The fourth-order valence-corrected chi connectivity index (χ4v) is 3.25. The van der Waals surface area contributed by atoms with E-state index in [1.807, 2.05) is 12.1 Å². The first-order valence-corrected chi connectivity index (χ1v) is 8.51. The standard InChI is InChI=1S/C18H20N6O2/c1-25-13-6-4-12(5-7-13)10-24-8-2-3-15(24)18-22-17(23-26-18)14-9-20-11-21-16(14)19/h4-7,9,11,15H,2-3,8,10H2,1H3,(H2,19,20,21). The lowest BCUT2D eigenvalue weighted by atomic mass is 10.1. The van der Waals surface area contributed by atoms with Gasteiger partial charge < -0.3 is 15.0 Å². The van der Waals surface area contributed by atoms with E-state index in [1.165, 1.54) is 11.9 Å². The van der Waals surface area contributed by atoms with Crippen LogP contribution >= 0.6 is 0 Å². The van der Waals surface area contributed by atoms with Crippen LogP contribution in [0.4, 0.5) is 5.82 Å². The molecule has 0 amide bonds. The van der Waals surface area contributed by atoms with E-state index in [0.29, 0.717) is 23.1 Å². The van der Waals surface area contributed by atoms with Crippen molar-refractivity contribution < 1.29 is 9.26 Å². The second-order valence-electron chi connectivity index (χ2n) is 6.25. The summed E-state index contributed by atoms with van der Waals surface area (Å²) in [6, 6.07) is 8.21. The number of aromatic nitrogens is 4. The van der Waals surface area contributed by atoms with Gasteiger partial charge >= 0.3 is 0 Å². The topological polar surface area (TPSA) is 103 Å². The zero-order chi connectivity index (χ0) is 17.9. The monoisotopic (exact) mass is 352 g/mol. The predicted octanol–water partition coefficient (Wildman–Crippen LogP) is 2.45. The van der Waals surface area contributed by atoms with Crippen LogP contribution in [0.15, 0.2) is 41.3 Å². The number of likely N-dealkylation sites (tertiary alicyclic amines) is 1. The maximum absolute atomic E-state index is 5.87. The van der Waals surface area contributed by atoms with Gasteiger partial charge in [0.1, 0.15) is 17.9 Å². The summed E-state index contributed by atoms with van der Waals surface area (Å²) in [7, 11) is 1.67. The van der Waals surface area contributed by atoms with Gasteiger partial charge in [0, 0.05) is 12.7 Å². The molecule has 1 atom stereocenters. The average molecular weight is 352 g/mol. The maximum Gasteiger partial charge on any atom is 0.244 e. The fourth-order valence-electron chi connectivity index (χ4n) is 3.25. The highest BCUT2D eigenvalue weighted by molar-refractivity contribution is 5.66. The number of ether oxygens (including phenoxy) is 1. The van der Waals surface area contributed by atoms with Gasteiger partial charge in [0.25, 0.3) is 0 Å². The number of hydrogen-bond donors (Lipinski definition) is 1. The molecular weight excluding hydrogens is 332 g/mol. The lowest BCUT2D eigenvalue weighted by molar-refractivity contribution is 0.201. The van der Waals surface area contributed by atoms with E-state index in [9.17, 15) is 0 Å². The summed E-state index contributed by atoms with van der Waals surface area (Å²) in [4.78, 5) is 14.8. The van der Waals surface area contributed by atoms with Gasteiger partial charge in [0.05, 0.1) is 18.7 Å². The molecule has 1 fully saturated rings. The van der Waals surface area contributed by atoms with Gasteiger partial charge in [0.15, 0.2) is 0 Å². The van der Waals surface area contributed by atoms with Crippen molar-refractivity contribution in [3.8, 4) is 17.1 Å². The predicted molar refractivity (Wildman–Crippen MR) is 95.1 cm³/mol. The molecule has 134 valence electrons. The highest BCUT2D eigenvalue weighted by atomic mass is 16.5. The minimum atomic E-state index is 0.101. The summed E-state index contributed by atoms with van der Waals surface area (Å²) in [5, 5.41) is 4.07. The molecule has 1 unspecified atom stereocenters. The summed E-state index contributed by atoms with van der Waals surface area (Å²) >= 11 is 0. The summed E-state index contributed by atoms with van der Waals surface area (Å²) in [6.07, 6.45) is 5.07. The van der Waals surface area contributed by atoms with Gasteiger partial charge in [-0.3, -0.25) is 4.90 Å². The number of benzene rings is 1. The molecule has 3 heterocycles. The molecule has 0 bridgehead atoms. The van der Waals surface area contributed by atoms with E-state index in [0.717, 1.165) is 31.7 Å². The Morgan fingerprint density at radius 2 is 2.15 bits per heavy atom. The quantitative estimate of drug-likeness (QED) is 0.747. The molecule has 0 saturated carbocycles. The number of nitrogens with zero attached hydrogens (tertiary/aromatic N) is 5. The van der Waals surface area contributed by atoms with Gasteiger partial charge in [-0.25, -0.2) is 9.97 Å². The summed E-state index contributed by atoms with van der Waals surface area (Å²) in [5.74, 6) is 2.23. The smallest absolute Gasteiger partial charge is 0.244 e. The molecule has 1 aliphatic heterocycles. The van der Waals surface area contributed by atoms with Crippen molar-refractivity contribution >= 4 is 5.82 Å². The van der Waals surface area contributed by atoms with Crippen LogP contribution in [0, 0.1) is 0 Å². The van der Waals surface area contributed by atoms with Crippen LogP contribution in [0.2, 0.25) is 0 Å². The first-order chi connectivity index (χ1) is 12.7. The van der Waals surface area contributed by atoms with E-state index < -0.39 is 0 Å². The van der Waals surface area contributed by atoms with Crippen molar-refractivity contribution in [2.75, 3.05) is 19.4 Å². The molecule has 3 aromatic rings. The summed E-state index contributed by atoms with van der Waals surface area (Å²) in [6.45, 7) is 1.81. The lowest BCUT2D eigenvalue weighted by Crippen LogP contribution is -2.23. The number of nitrogen functional groups attached to an aromatic ring is 1. The average Bonchev–Trinajstić information content (AvgIpc) is 3.32. The Morgan fingerprint density at radius 1 is 1.31 bits per heavy atom. The molecule has 8 nitrogen and oxygen atoms in total. The largest absolute Gasteiger partial charge is 0.497 e. The highest BCUT2D eigenvalue weighted by Gasteiger charge is 2.31. The Morgan fingerprint density at radius 3 is 2.92 bits per heavy atom. The second-order valence-corrected chi connectivity index (χ2v) is 6.25. The molecule has 0 radical (unpaired) electrons. The minimum Gasteiger partial charge on any atom is -0.497 e. The van der Waals surface area contributed by atoms with Gasteiger partial charge in [-0.05, 0) is 37.1 Å². The van der Waals surface area contributed by atoms with Crippen LogP contribution in [-0.2, 0) is 6.54 Å². The van der Waals surface area contributed by atoms with Crippen molar-refractivity contribution in [1.82, 2.24) is 25.0 Å². The second kappa shape index (κ2) is 7.09. The maximum atomic E-state index is 5.87. The number of anilines is 1. The van der Waals surface area contributed by atoms with Crippen molar-refractivity contribution in [2.24, 2.45) is 0 Å². The summed E-state index contributed by atoms with van der Waals surface area (Å²) in [5.41, 5.74) is 7.68. The zero-order valence-electron chi connectivity index (χ0n) is 14.5. The molecule has 0 spiro atoms. The van der Waals surface area contributed by atoms with Crippen LogP contribution < -0.4 is 10.5 Å². The molecule has 1 aromatic carbocycles. The van der Waals surface area contributed by atoms with E-state index >= 15 is 0 Å². The van der Waals surface area contributed by atoms with Crippen LogP contribution in [0.1, 0.15) is 30.3 Å². The third-order valence-corrected chi connectivity index (χ3v) is 4.62. The van der Waals surface area contributed by atoms with Gasteiger partial charge in [-0.15, -0.1) is 0 Å². The molecule has 1 saturated heterocycles. The van der Waals surface area contributed by atoms with E-state index in [1.54, 1.807) is 13.3 Å². The lowest BCUT2D eigenvalue weighted by Gasteiger charge is -2.21. The highest BCUT2D eigenvalue weighted by Crippen LogP contribution is 2.33. The number of rotatable bonds is 5. The molecule has 1 aliphatic rings. The van der Waals surface area contributed by atoms with Gasteiger partial charge in [0.2, 0.25) is 11.7 Å². The van der Waals surface area contributed by atoms with Gasteiger partial charge in [-0.1, -0.05) is 17.3 Å². The van der Waals surface area contributed by atoms with Gasteiger partial charge in [-0.2, -0.15) is 4.98 Å². The minimum absolute atomic E-state index is 0.101. The number of methoxy groups -OCH3 is 1. The molecule has 2 aromatic heterocycles. The van der Waals surface area contributed by atoms with Crippen molar-refractivity contribution in [2.45, 2.75) is 25.4 Å². The van der Waals surface area contributed by atoms with Crippen molar-refractivity contribution in [3.05, 3.63) is 48.2 Å². The van der Waals surface area contributed by atoms with Crippen LogP contribution in [0.3, 0.4) is 0 Å². The Labute approximate surface area is 151 Å². The number of nitrogens with two attached hydrogens (primary N) is 1. The molecular formula is C18H20N6O2. The van der Waals surface area contributed by atoms with Crippen LogP contribution in [0.25, 0.3) is 11.4 Å². The first-order valence-electron chi connectivity index (χ1n) is 8.51. The molecule has 0 aliphatic carbocycles. The Hall–Kier alpha value is -3.00. The third kappa shape index (κ3) is 3.23. The molecule has 26 heavy (non-hydrogen) atoms. The first kappa shape index (κ1) is 16.5. The normalized spacial score (nSPS) is 17.5. The number of hydrogen-bond acceptors (Lipinski definition) is 8. The SMILES string of the molecule is COc1ccc(CN2CCCC2c2nc(-c3cncnc3N)no2)cc1. The molecule has 8 heteroatoms. The zero-order valence-corrected chi connectivity index (χ0v) is 14.5. The van der Waals surface area contributed by atoms with Crippen molar-refractivity contribution in [1.29, 1.82) is 0 Å².